The van der Waals surface area contributed by atoms with Crippen molar-refractivity contribution in [2.75, 3.05) is 20.7 Å². The number of hydrogen-bond donors (Lipinski definition) is 0. The first kappa shape index (κ1) is 10.6. The van der Waals surface area contributed by atoms with Crippen LogP contribution >= 0.6 is 0 Å². The largest absolute Gasteiger partial charge is 0.497 e. The zero-order valence-electron chi connectivity index (χ0n) is 8.90. The molecule has 3 nitrogen and oxygen atoms in total. The van der Waals surface area contributed by atoms with Crippen LogP contribution in [0, 0.1) is 0 Å². The van der Waals surface area contributed by atoms with Gasteiger partial charge in [0.15, 0.2) is 0 Å². The van der Waals surface area contributed by atoms with Crippen molar-refractivity contribution >= 4 is 6.21 Å². The van der Waals surface area contributed by atoms with Crippen LogP contribution < -0.4 is 4.74 Å². The molecule has 0 heterocycles. The van der Waals surface area contributed by atoms with E-state index >= 15 is 0 Å². The van der Waals surface area contributed by atoms with Crippen LogP contribution in [-0.4, -0.2) is 31.9 Å². The van der Waals surface area contributed by atoms with Gasteiger partial charge in [-0.25, -0.2) is 0 Å². The van der Waals surface area contributed by atoms with Crippen molar-refractivity contribution in [2.24, 2.45) is 5.10 Å². The average Bonchev–Trinajstić information content (AvgIpc) is 2.26. The van der Waals surface area contributed by atoms with E-state index < -0.39 is 0 Å². The molecule has 14 heavy (non-hydrogen) atoms. The number of hydrazone groups is 1. The Labute approximate surface area is 85.0 Å². The molecule has 3 heteroatoms. The van der Waals surface area contributed by atoms with Crippen molar-refractivity contribution < 1.29 is 4.74 Å². The molecule has 0 amide bonds. The molecular weight excluding hydrogens is 176 g/mol. The summed E-state index contributed by atoms with van der Waals surface area (Å²) in [4.78, 5) is 0. The Kier molecular flexibility index (Phi) is 3.98. The van der Waals surface area contributed by atoms with E-state index in [4.69, 9.17) is 4.74 Å². The van der Waals surface area contributed by atoms with Gasteiger partial charge in [-0.1, -0.05) is 0 Å². The minimum absolute atomic E-state index is 0.867. The Morgan fingerprint density at radius 3 is 2.50 bits per heavy atom. The number of nitrogens with zero attached hydrogens (tertiary/aromatic N) is 2. The van der Waals surface area contributed by atoms with Gasteiger partial charge in [0.25, 0.3) is 0 Å². The van der Waals surface area contributed by atoms with Crippen molar-refractivity contribution in [3.63, 3.8) is 0 Å². The van der Waals surface area contributed by atoms with Crippen LogP contribution in [0.4, 0.5) is 0 Å². The second-order valence-electron chi connectivity index (χ2n) is 2.99. The molecule has 0 radical (unpaired) electrons. The van der Waals surface area contributed by atoms with Gasteiger partial charge >= 0.3 is 0 Å². The Bertz CT molecular complexity index is 293. The van der Waals surface area contributed by atoms with Crippen LogP contribution in [0.2, 0.25) is 0 Å². The first-order valence-electron chi connectivity index (χ1n) is 4.65. The van der Waals surface area contributed by atoms with Crippen molar-refractivity contribution in [1.82, 2.24) is 5.01 Å². The number of benzene rings is 1. The summed E-state index contributed by atoms with van der Waals surface area (Å²) < 4.78 is 5.06. The summed E-state index contributed by atoms with van der Waals surface area (Å²) in [6.07, 6.45) is 1.84. The monoisotopic (exact) mass is 192 g/mol. The van der Waals surface area contributed by atoms with E-state index in [0.717, 1.165) is 17.9 Å². The van der Waals surface area contributed by atoms with Crippen LogP contribution in [0.15, 0.2) is 29.4 Å². The zero-order valence-corrected chi connectivity index (χ0v) is 8.90. The summed E-state index contributed by atoms with van der Waals surface area (Å²) in [7, 11) is 3.61. The molecule has 0 atom stereocenters. The number of rotatable bonds is 4. The topological polar surface area (TPSA) is 24.8 Å². The highest BCUT2D eigenvalue weighted by Crippen LogP contribution is 2.09. The predicted octanol–water partition coefficient (Wildman–Crippen LogP) is 1.98. The molecule has 0 bridgehead atoms. The highest BCUT2D eigenvalue weighted by molar-refractivity contribution is 5.79. The van der Waals surface area contributed by atoms with Crippen LogP contribution in [0.1, 0.15) is 12.5 Å². The molecule has 0 aliphatic rings. The van der Waals surface area contributed by atoms with E-state index in [2.05, 4.69) is 12.0 Å². The highest BCUT2D eigenvalue weighted by atomic mass is 16.5. The Balaban J connectivity index is 2.64. The van der Waals surface area contributed by atoms with Crippen LogP contribution in [-0.2, 0) is 0 Å². The third-order valence-electron chi connectivity index (χ3n) is 1.98. The van der Waals surface area contributed by atoms with Gasteiger partial charge in [-0.3, -0.25) is 0 Å². The van der Waals surface area contributed by atoms with Gasteiger partial charge in [0.2, 0.25) is 0 Å². The third-order valence-corrected chi connectivity index (χ3v) is 1.98. The van der Waals surface area contributed by atoms with Gasteiger partial charge in [-0.05, 0) is 36.8 Å². The van der Waals surface area contributed by atoms with Gasteiger partial charge in [0, 0.05) is 13.6 Å². The SMILES string of the molecule is CCN(C)N=Cc1ccc(OC)cc1. The lowest BCUT2D eigenvalue weighted by Crippen LogP contribution is -2.09. The second kappa shape index (κ2) is 5.27. The van der Waals surface area contributed by atoms with Crippen LogP contribution in [0.5, 0.6) is 5.75 Å². The minimum atomic E-state index is 0.867. The molecule has 0 unspecified atom stereocenters. The van der Waals surface area contributed by atoms with Gasteiger partial charge < -0.3 is 9.75 Å². The van der Waals surface area contributed by atoms with Crippen molar-refractivity contribution in [2.45, 2.75) is 6.92 Å². The van der Waals surface area contributed by atoms with Crippen molar-refractivity contribution in [3.8, 4) is 5.75 Å². The Hall–Kier alpha value is -1.51. The molecule has 0 saturated carbocycles. The van der Waals surface area contributed by atoms with Gasteiger partial charge in [-0.15, -0.1) is 0 Å². The normalized spacial score (nSPS) is 10.5. The third kappa shape index (κ3) is 3.09. The average molecular weight is 192 g/mol. The van der Waals surface area contributed by atoms with E-state index in [1.54, 1.807) is 7.11 Å². The fraction of sp³-hybridized carbons (Fsp3) is 0.364. The quantitative estimate of drug-likeness (QED) is 0.538. The highest BCUT2D eigenvalue weighted by Gasteiger charge is 1.91. The van der Waals surface area contributed by atoms with E-state index in [0.29, 0.717) is 0 Å². The fourth-order valence-electron chi connectivity index (χ4n) is 0.937. The molecule has 0 aliphatic heterocycles. The summed E-state index contributed by atoms with van der Waals surface area (Å²) in [6, 6.07) is 7.80. The molecule has 1 aromatic rings. The maximum absolute atomic E-state index is 5.06. The molecule has 0 saturated heterocycles. The summed E-state index contributed by atoms with van der Waals surface area (Å²) in [6.45, 7) is 2.97. The summed E-state index contributed by atoms with van der Waals surface area (Å²) in [5.41, 5.74) is 1.08. The lowest BCUT2D eigenvalue weighted by Gasteiger charge is -2.07. The Morgan fingerprint density at radius 1 is 1.36 bits per heavy atom. The van der Waals surface area contributed by atoms with E-state index in [1.807, 2.05) is 42.5 Å². The molecule has 0 aromatic heterocycles. The minimum Gasteiger partial charge on any atom is -0.497 e. The number of methoxy groups -OCH3 is 1. The maximum atomic E-state index is 5.06. The fourth-order valence-corrected chi connectivity index (χ4v) is 0.937. The van der Waals surface area contributed by atoms with Crippen molar-refractivity contribution in [3.05, 3.63) is 29.8 Å². The van der Waals surface area contributed by atoms with Gasteiger partial charge in [0.05, 0.1) is 13.3 Å². The van der Waals surface area contributed by atoms with Crippen LogP contribution in [0.3, 0.4) is 0 Å². The molecule has 1 aromatic carbocycles. The lowest BCUT2D eigenvalue weighted by atomic mass is 10.2. The molecule has 0 spiro atoms. The van der Waals surface area contributed by atoms with E-state index in [1.165, 1.54) is 0 Å². The summed E-state index contributed by atoms with van der Waals surface area (Å²) in [5.74, 6) is 0.867. The molecule has 1 rings (SSSR count). The molecule has 76 valence electrons. The first-order chi connectivity index (χ1) is 6.76. The van der Waals surface area contributed by atoms with Gasteiger partial charge in [-0.2, -0.15) is 5.10 Å². The first-order valence-corrected chi connectivity index (χ1v) is 4.65. The number of ether oxygens (including phenoxy) is 1. The predicted molar refractivity (Wildman–Crippen MR) is 58.9 cm³/mol. The smallest absolute Gasteiger partial charge is 0.118 e. The molecule has 0 N–H and O–H groups in total. The molecular formula is C11H16N2O. The van der Waals surface area contributed by atoms with Crippen LogP contribution in [0.25, 0.3) is 0 Å². The van der Waals surface area contributed by atoms with E-state index in [-0.39, 0.29) is 0 Å². The lowest BCUT2D eigenvalue weighted by molar-refractivity contribution is 0.377. The molecule has 0 aliphatic carbocycles. The number of hydrogen-bond acceptors (Lipinski definition) is 3. The molecule has 0 fully saturated rings. The summed E-state index contributed by atoms with van der Waals surface area (Å²) >= 11 is 0. The van der Waals surface area contributed by atoms with Crippen molar-refractivity contribution in [1.29, 1.82) is 0 Å². The second-order valence-corrected chi connectivity index (χ2v) is 2.99. The Morgan fingerprint density at radius 2 is 2.00 bits per heavy atom. The standard InChI is InChI=1S/C11H16N2O/c1-4-13(2)12-9-10-5-7-11(14-3)8-6-10/h5-9H,4H2,1-3H3. The van der Waals surface area contributed by atoms with Gasteiger partial charge in [0.1, 0.15) is 5.75 Å². The zero-order chi connectivity index (χ0) is 10.4. The van der Waals surface area contributed by atoms with E-state index in [9.17, 15) is 0 Å². The maximum Gasteiger partial charge on any atom is 0.118 e. The summed E-state index contributed by atoms with van der Waals surface area (Å²) in [5, 5.41) is 6.12.